The summed E-state index contributed by atoms with van der Waals surface area (Å²) in [5.74, 6) is 0. The molecule has 1 aromatic rings. The van der Waals surface area contributed by atoms with E-state index in [0.717, 1.165) is 11.4 Å². The molecule has 0 radical (unpaired) electrons. The first-order valence-corrected chi connectivity index (χ1v) is 4.55. The van der Waals surface area contributed by atoms with Gasteiger partial charge in [0, 0.05) is 24.7 Å². The second-order valence-corrected chi connectivity index (χ2v) is 3.17. The SMILES string of the molecule is COCC(CO)Nc1ccnc(C)c1. The molecule has 0 aliphatic carbocycles. The molecule has 0 aromatic carbocycles. The summed E-state index contributed by atoms with van der Waals surface area (Å²) >= 11 is 0. The fourth-order valence-electron chi connectivity index (χ4n) is 1.21. The summed E-state index contributed by atoms with van der Waals surface area (Å²) in [7, 11) is 1.61. The molecule has 0 amide bonds. The molecule has 0 bridgehead atoms. The Morgan fingerprint density at radius 3 is 3.00 bits per heavy atom. The molecule has 1 rings (SSSR count). The van der Waals surface area contributed by atoms with Crippen molar-refractivity contribution in [3.63, 3.8) is 0 Å². The molecule has 0 aliphatic heterocycles. The first kappa shape index (κ1) is 10.9. The van der Waals surface area contributed by atoms with E-state index in [1.807, 2.05) is 19.1 Å². The molecule has 1 atom stereocenters. The number of hydrogen-bond donors (Lipinski definition) is 2. The molecular formula is C10H16N2O2. The Morgan fingerprint density at radius 2 is 2.43 bits per heavy atom. The third-order valence-corrected chi connectivity index (χ3v) is 1.86. The number of aliphatic hydroxyl groups is 1. The van der Waals surface area contributed by atoms with Crippen molar-refractivity contribution in [1.29, 1.82) is 0 Å². The largest absolute Gasteiger partial charge is 0.394 e. The molecular weight excluding hydrogens is 180 g/mol. The number of methoxy groups -OCH3 is 1. The number of nitrogens with one attached hydrogen (secondary N) is 1. The van der Waals surface area contributed by atoms with Gasteiger partial charge in [0.2, 0.25) is 0 Å². The molecule has 0 spiro atoms. The maximum absolute atomic E-state index is 9.03. The van der Waals surface area contributed by atoms with Crippen molar-refractivity contribution < 1.29 is 9.84 Å². The minimum atomic E-state index is -0.0678. The first-order valence-electron chi connectivity index (χ1n) is 4.55. The number of aromatic nitrogens is 1. The average molecular weight is 196 g/mol. The van der Waals surface area contributed by atoms with Gasteiger partial charge in [-0.05, 0) is 19.1 Å². The summed E-state index contributed by atoms with van der Waals surface area (Å²) < 4.78 is 4.96. The van der Waals surface area contributed by atoms with Gasteiger partial charge in [0.1, 0.15) is 0 Å². The fourth-order valence-corrected chi connectivity index (χ4v) is 1.21. The summed E-state index contributed by atoms with van der Waals surface area (Å²) in [6, 6.07) is 3.73. The highest BCUT2D eigenvalue weighted by Crippen LogP contribution is 2.08. The molecule has 4 heteroatoms. The van der Waals surface area contributed by atoms with Crippen LogP contribution in [0.15, 0.2) is 18.3 Å². The van der Waals surface area contributed by atoms with Gasteiger partial charge >= 0.3 is 0 Å². The normalized spacial score (nSPS) is 12.5. The molecule has 4 nitrogen and oxygen atoms in total. The van der Waals surface area contributed by atoms with Gasteiger partial charge < -0.3 is 15.2 Å². The average Bonchev–Trinajstić information content (AvgIpc) is 2.17. The predicted octanol–water partition coefficient (Wildman–Crippen LogP) is 0.809. The molecule has 1 heterocycles. The first-order chi connectivity index (χ1) is 6.76. The van der Waals surface area contributed by atoms with Gasteiger partial charge in [0.15, 0.2) is 0 Å². The van der Waals surface area contributed by atoms with E-state index in [-0.39, 0.29) is 12.6 Å². The van der Waals surface area contributed by atoms with Gasteiger partial charge in [-0.15, -0.1) is 0 Å². The van der Waals surface area contributed by atoms with E-state index < -0.39 is 0 Å². The van der Waals surface area contributed by atoms with E-state index in [9.17, 15) is 0 Å². The maximum Gasteiger partial charge on any atom is 0.0725 e. The summed E-state index contributed by atoms with van der Waals surface area (Å²) in [5, 5.41) is 12.2. The number of hydrogen-bond acceptors (Lipinski definition) is 4. The van der Waals surface area contributed by atoms with Crippen molar-refractivity contribution in [3.05, 3.63) is 24.0 Å². The molecule has 1 aromatic heterocycles. The van der Waals surface area contributed by atoms with Gasteiger partial charge in [0.05, 0.1) is 19.3 Å². The minimum Gasteiger partial charge on any atom is -0.394 e. The lowest BCUT2D eigenvalue weighted by Gasteiger charge is -2.16. The van der Waals surface area contributed by atoms with E-state index in [1.165, 1.54) is 0 Å². The molecule has 0 saturated carbocycles. The van der Waals surface area contributed by atoms with Gasteiger partial charge in [-0.1, -0.05) is 0 Å². The molecule has 0 saturated heterocycles. The van der Waals surface area contributed by atoms with E-state index in [4.69, 9.17) is 9.84 Å². The Hall–Kier alpha value is -1.13. The van der Waals surface area contributed by atoms with Crippen LogP contribution in [0.3, 0.4) is 0 Å². The third kappa shape index (κ3) is 3.32. The van der Waals surface area contributed by atoms with Crippen LogP contribution in [0.2, 0.25) is 0 Å². The predicted molar refractivity (Wildman–Crippen MR) is 55.3 cm³/mol. The highest BCUT2D eigenvalue weighted by atomic mass is 16.5. The van der Waals surface area contributed by atoms with Gasteiger partial charge in [-0.2, -0.15) is 0 Å². The number of aryl methyl sites for hydroxylation is 1. The van der Waals surface area contributed by atoms with Gasteiger partial charge in [0.25, 0.3) is 0 Å². The fraction of sp³-hybridized carbons (Fsp3) is 0.500. The summed E-state index contributed by atoms with van der Waals surface area (Å²) in [6.07, 6.45) is 1.74. The highest BCUT2D eigenvalue weighted by molar-refractivity contribution is 5.43. The Labute approximate surface area is 83.9 Å². The monoisotopic (exact) mass is 196 g/mol. The van der Waals surface area contributed by atoms with E-state index >= 15 is 0 Å². The van der Waals surface area contributed by atoms with Crippen LogP contribution in [0.25, 0.3) is 0 Å². The summed E-state index contributed by atoms with van der Waals surface area (Å²) in [6.45, 7) is 2.46. The topological polar surface area (TPSA) is 54.4 Å². The van der Waals surface area contributed by atoms with E-state index in [0.29, 0.717) is 6.61 Å². The van der Waals surface area contributed by atoms with Gasteiger partial charge in [-0.25, -0.2) is 0 Å². The van der Waals surface area contributed by atoms with Crippen LogP contribution in [0, 0.1) is 6.92 Å². The molecule has 14 heavy (non-hydrogen) atoms. The number of pyridine rings is 1. The lowest BCUT2D eigenvalue weighted by Crippen LogP contribution is -2.28. The second-order valence-electron chi connectivity index (χ2n) is 3.17. The molecule has 0 aliphatic rings. The van der Waals surface area contributed by atoms with E-state index in [1.54, 1.807) is 13.3 Å². The van der Waals surface area contributed by atoms with Crippen LogP contribution in [0.4, 0.5) is 5.69 Å². The van der Waals surface area contributed by atoms with Crippen molar-refractivity contribution in [1.82, 2.24) is 4.98 Å². The molecule has 78 valence electrons. The highest BCUT2D eigenvalue weighted by Gasteiger charge is 2.05. The molecule has 0 fully saturated rings. The second kappa shape index (κ2) is 5.57. The minimum absolute atomic E-state index is 0.0508. The van der Waals surface area contributed by atoms with Crippen molar-refractivity contribution >= 4 is 5.69 Å². The Morgan fingerprint density at radius 1 is 1.64 bits per heavy atom. The Bertz CT molecular complexity index is 279. The Kier molecular flexibility index (Phi) is 4.35. The third-order valence-electron chi connectivity index (χ3n) is 1.86. The number of ether oxygens (including phenoxy) is 1. The van der Waals surface area contributed by atoms with Crippen LogP contribution in [-0.4, -0.2) is 36.5 Å². The number of rotatable bonds is 5. The van der Waals surface area contributed by atoms with Crippen molar-refractivity contribution in [2.24, 2.45) is 0 Å². The molecule has 2 N–H and O–H groups in total. The maximum atomic E-state index is 9.03. The number of aliphatic hydroxyl groups excluding tert-OH is 1. The zero-order valence-electron chi connectivity index (χ0n) is 8.53. The molecule has 1 unspecified atom stereocenters. The van der Waals surface area contributed by atoms with Gasteiger partial charge in [-0.3, -0.25) is 4.98 Å². The summed E-state index contributed by atoms with van der Waals surface area (Å²) in [5.41, 5.74) is 1.90. The zero-order valence-corrected chi connectivity index (χ0v) is 8.53. The van der Waals surface area contributed by atoms with Crippen LogP contribution in [-0.2, 0) is 4.74 Å². The van der Waals surface area contributed by atoms with Crippen molar-refractivity contribution in [2.75, 3.05) is 25.6 Å². The lowest BCUT2D eigenvalue weighted by molar-refractivity contribution is 0.153. The van der Waals surface area contributed by atoms with Crippen LogP contribution >= 0.6 is 0 Å². The number of nitrogens with zero attached hydrogens (tertiary/aromatic N) is 1. The van der Waals surface area contributed by atoms with Crippen LogP contribution < -0.4 is 5.32 Å². The van der Waals surface area contributed by atoms with E-state index in [2.05, 4.69) is 10.3 Å². The zero-order chi connectivity index (χ0) is 10.4. The smallest absolute Gasteiger partial charge is 0.0725 e. The van der Waals surface area contributed by atoms with Crippen LogP contribution in [0.1, 0.15) is 5.69 Å². The van der Waals surface area contributed by atoms with Crippen molar-refractivity contribution in [3.8, 4) is 0 Å². The quantitative estimate of drug-likeness (QED) is 0.731. The number of anilines is 1. The standard InChI is InChI=1S/C10H16N2O2/c1-8-5-9(3-4-11-8)12-10(6-13)7-14-2/h3-5,10,13H,6-7H2,1-2H3,(H,11,12). The van der Waals surface area contributed by atoms with Crippen molar-refractivity contribution in [2.45, 2.75) is 13.0 Å². The Balaban J connectivity index is 2.57. The van der Waals surface area contributed by atoms with Crippen LogP contribution in [0.5, 0.6) is 0 Å². The lowest BCUT2D eigenvalue weighted by atomic mass is 10.3. The summed E-state index contributed by atoms with van der Waals surface area (Å²) in [4.78, 5) is 4.09.